The summed E-state index contributed by atoms with van der Waals surface area (Å²) in [6.45, 7) is 3.37. The molecule has 8 heterocycles. The Labute approximate surface area is 621 Å². The molecule has 0 bridgehead atoms. The van der Waals surface area contributed by atoms with Gasteiger partial charge < -0.3 is 193 Å². The van der Waals surface area contributed by atoms with Gasteiger partial charge in [-0.15, -0.1) is 0 Å². The van der Waals surface area contributed by atoms with Crippen LogP contribution in [0.4, 0.5) is 0 Å². The molecule has 624 valence electrons. The lowest BCUT2D eigenvalue weighted by molar-refractivity contribution is -0.401. The maximum atomic E-state index is 12.1. The molecule has 4 aliphatic carbocycles. The number of rotatable bonds is 25. The molecule has 8 saturated heterocycles. The first-order chi connectivity index (χ1) is 51.2. The largest absolute Gasteiger partial charge is 0.394 e. The lowest BCUT2D eigenvalue weighted by Gasteiger charge is -2.59. The van der Waals surface area contributed by atoms with E-state index in [4.69, 9.17) is 75.8 Å². The van der Waals surface area contributed by atoms with Gasteiger partial charge in [-0.1, -0.05) is 39.3 Å². The average Bonchev–Trinajstić information content (AvgIpc) is 1.50. The molecule has 0 aromatic rings. The van der Waals surface area contributed by atoms with Crippen molar-refractivity contribution in [3.63, 3.8) is 0 Å². The van der Waals surface area contributed by atoms with Crippen molar-refractivity contribution in [1.82, 2.24) is 0 Å². The number of ether oxygens (including phenoxy) is 16. The number of aliphatic hydroxyl groups excluding tert-OH is 23. The molecule has 8 aliphatic heterocycles. The van der Waals surface area contributed by atoms with Gasteiger partial charge in [-0.3, -0.25) is 0 Å². The van der Waals surface area contributed by atoms with Crippen LogP contribution in [-0.2, 0) is 75.8 Å². The third-order valence-electron chi connectivity index (χ3n) is 25.8. The zero-order chi connectivity index (χ0) is 78.2. The van der Waals surface area contributed by atoms with E-state index >= 15 is 0 Å². The summed E-state index contributed by atoms with van der Waals surface area (Å²) in [6, 6.07) is 0. The van der Waals surface area contributed by atoms with Gasteiger partial charge in [0.05, 0.1) is 71.2 Å². The minimum absolute atomic E-state index is 0.00769. The van der Waals surface area contributed by atoms with E-state index in [2.05, 4.69) is 26.8 Å². The zero-order valence-corrected chi connectivity index (χ0v) is 60.5. The van der Waals surface area contributed by atoms with Gasteiger partial charge in [0, 0.05) is 19.4 Å². The summed E-state index contributed by atoms with van der Waals surface area (Å²) in [5.74, 6) is -0.535. The van der Waals surface area contributed by atoms with E-state index in [1.807, 2.05) is 6.92 Å². The average molecular weight is 1570 g/mol. The van der Waals surface area contributed by atoms with Gasteiger partial charge in [-0.25, -0.2) is 0 Å². The Kier molecular flexibility index (Phi) is 27.5. The van der Waals surface area contributed by atoms with Crippen LogP contribution in [-0.4, -0.2) is 410 Å². The molecule has 12 aliphatic rings. The Morgan fingerprint density at radius 2 is 0.944 bits per heavy atom. The second kappa shape index (κ2) is 34.8. The molecule has 0 amide bonds. The van der Waals surface area contributed by atoms with Gasteiger partial charge in [0.2, 0.25) is 0 Å². The first-order valence-electron chi connectivity index (χ1n) is 37.5. The Hall–Kier alpha value is -1.82. The minimum atomic E-state index is -2.07. The highest BCUT2D eigenvalue weighted by molar-refractivity contribution is 5.28. The number of aliphatic hydroxyl groups is 23. The zero-order valence-electron chi connectivity index (χ0n) is 60.5. The van der Waals surface area contributed by atoms with Crippen LogP contribution in [0.1, 0.15) is 79.1 Å². The summed E-state index contributed by atoms with van der Waals surface area (Å²) in [5.41, 5.74) is 0.399. The Bertz CT molecular complexity index is 2910. The molecule has 0 radical (unpaired) electrons. The molecule has 46 atom stereocenters. The smallest absolute Gasteiger partial charge is 0.187 e. The third-order valence-corrected chi connectivity index (χ3v) is 25.8. The predicted molar refractivity (Wildman–Crippen MR) is 350 cm³/mol. The highest BCUT2D eigenvalue weighted by Crippen LogP contribution is 2.70. The molecule has 39 nitrogen and oxygen atoms in total. The molecule has 12 rings (SSSR count). The highest BCUT2D eigenvalue weighted by atomic mass is 16.8. The standard InChI is InChI=1S/C69H114O39/c1-23(19-94-60-52(88)47(83)43(79)37(103-60)22-97-62-53(89)48(84)44(80)38(104-62)21-96-61-51(87)45(81)41(77)33(15-70)99-61)8-11-69(93-5)24(2)39-32(108-69)13-28-26-7-6-25-12-31(29(74)14-68(25,4)27(26)9-10-67(28,39)3)98-64-55(91)49(85)57(35(17-72)101-64)106-66-59(107-65-54(90)46(82)42(78)34(16-71)100-65)56(92)58(36(18-73)102-66)105-63-50(86)40(76)30(75)20-95-63/h6,23-24,26-66,70-92H,7-22H2,1-5H3/t23-,24+,26-,27+,28+,29-,30-,31-,32+,33-,34-,35-,36-,37-,38-,39+,40+,41-,42-,43-,44-,45+,46+,47+,48+,49-,50-,51-,52-,53-,54-,55-,56+,57+,58-,59-,60-,61-,62-,63+,64-,65+,66+,67+,68+,69-/m1/s1. The minimum Gasteiger partial charge on any atom is -0.394 e. The molecular weight excluding hydrogens is 1450 g/mol. The summed E-state index contributed by atoms with van der Waals surface area (Å²) < 4.78 is 95.0. The Morgan fingerprint density at radius 1 is 0.481 bits per heavy atom. The van der Waals surface area contributed by atoms with Gasteiger partial charge in [-0.05, 0) is 85.4 Å². The second-order valence-electron chi connectivity index (χ2n) is 32.2. The number of hydrogen-bond donors (Lipinski definition) is 23. The topological polar surface area (TPSA) is 613 Å². The van der Waals surface area contributed by atoms with Crippen LogP contribution in [0.5, 0.6) is 0 Å². The first-order valence-corrected chi connectivity index (χ1v) is 37.5. The van der Waals surface area contributed by atoms with Crippen molar-refractivity contribution in [1.29, 1.82) is 0 Å². The van der Waals surface area contributed by atoms with Crippen molar-refractivity contribution in [2.45, 2.75) is 312 Å². The van der Waals surface area contributed by atoms with Crippen molar-refractivity contribution < 1.29 is 193 Å². The van der Waals surface area contributed by atoms with E-state index in [1.54, 1.807) is 7.11 Å². The lowest BCUT2D eigenvalue weighted by Crippen LogP contribution is -2.68. The Morgan fingerprint density at radius 3 is 1.51 bits per heavy atom. The summed E-state index contributed by atoms with van der Waals surface area (Å²) in [5, 5.41) is 248. The molecule has 11 fully saturated rings. The fourth-order valence-corrected chi connectivity index (χ4v) is 19.4. The van der Waals surface area contributed by atoms with Crippen LogP contribution in [0.25, 0.3) is 0 Å². The van der Waals surface area contributed by atoms with E-state index in [0.717, 1.165) is 31.3 Å². The summed E-state index contributed by atoms with van der Waals surface area (Å²) in [4.78, 5) is 0. The van der Waals surface area contributed by atoms with E-state index < -0.39 is 278 Å². The molecule has 0 spiro atoms. The second-order valence-corrected chi connectivity index (χ2v) is 32.2. The molecule has 0 aromatic heterocycles. The van der Waals surface area contributed by atoms with Crippen molar-refractivity contribution in [2.24, 2.45) is 46.3 Å². The van der Waals surface area contributed by atoms with Crippen LogP contribution < -0.4 is 0 Å². The van der Waals surface area contributed by atoms with Gasteiger partial charge in [-0.2, -0.15) is 0 Å². The van der Waals surface area contributed by atoms with Gasteiger partial charge in [0.25, 0.3) is 0 Å². The number of hydrogen-bond acceptors (Lipinski definition) is 39. The van der Waals surface area contributed by atoms with E-state index in [1.165, 1.54) is 0 Å². The maximum Gasteiger partial charge on any atom is 0.187 e. The van der Waals surface area contributed by atoms with Crippen LogP contribution in [0.15, 0.2) is 11.6 Å². The van der Waals surface area contributed by atoms with Crippen molar-refractivity contribution in [3.8, 4) is 0 Å². The maximum absolute atomic E-state index is 12.1. The number of fused-ring (bicyclic) bond motifs is 7. The van der Waals surface area contributed by atoms with Gasteiger partial charge in [0.1, 0.15) is 165 Å². The quantitative estimate of drug-likeness (QED) is 0.0377. The van der Waals surface area contributed by atoms with Gasteiger partial charge in [0.15, 0.2) is 49.8 Å². The monoisotopic (exact) mass is 1570 g/mol. The molecule has 108 heavy (non-hydrogen) atoms. The lowest BCUT2D eigenvalue weighted by atomic mass is 9.46. The van der Waals surface area contributed by atoms with Crippen molar-refractivity contribution >= 4 is 0 Å². The Balaban J connectivity index is 0.637. The van der Waals surface area contributed by atoms with Crippen LogP contribution in [0, 0.1) is 46.3 Å². The van der Waals surface area contributed by atoms with Crippen LogP contribution in [0.2, 0.25) is 0 Å². The number of allylic oxidation sites excluding steroid dienone is 1. The van der Waals surface area contributed by atoms with Gasteiger partial charge >= 0.3 is 0 Å². The molecule has 0 unspecified atom stereocenters. The molecular formula is C69H114O39. The summed E-state index contributed by atoms with van der Waals surface area (Å²) >= 11 is 0. The van der Waals surface area contributed by atoms with Crippen LogP contribution >= 0.6 is 0 Å². The summed E-state index contributed by atoms with van der Waals surface area (Å²) in [6.07, 6.45) is -55.0. The first kappa shape index (κ1) is 85.5. The third kappa shape index (κ3) is 16.1. The summed E-state index contributed by atoms with van der Waals surface area (Å²) in [7, 11) is 1.63. The molecule has 0 aromatic carbocycles. The number of methoxy groups -OCH3 is 1. The normalized spacial score (nSPS) is 54.3. The molecule has 3 saturated carbocycles. The van der Waals surface area contributed by atoms with Crippen LogP contribution in [0.3, 0.4) is 0 Å². The molecule has 39 heteroatoms. The van der Waals surface area contributed by atoms with E-state index in [9.17, 15) is 117 Å². The fraction of sp³-hybridized carbons (Fsp3) is 0.971. The fourth-order valence-electron chi connectivity index (χ4n) is 19.4. The van der Waals surface area contributed by atoms with E-state index in [-0.39, 0.29) is 66.5 Å². The van der Waals surface area contributed by atoms with E-state index in [0.29, 0.717) is 12.8 Å². The predicted octanol–water partition coefficient (Wildman–Crippen LogP) is -10.3. The van der Waals surface area contributed by atoms with Crippen molar-refractivity contribution in [3.05, 3.63) is 11.6 Å². The molecule has 23 N–H and O–H groups in total. The van der Waals surface area contributed by atoms with Crippen molar-refractivity contribution in [2.75, 3.05) is 60.0 Å². The highest BCUT2D eigenvalue weighted by Gasteiger charge is 2.69. The SMILES string of the molecule is CO[C@]1(CC[C@@H](C)CO[C@@H]2O[C@H](CO[C@@H]3O[C@H](CO[C@@H]4O[C@H](CO)[C@@H](O)[C@H](O)[C@H]4O)[C@@H](O)[C@H](O)[C@H]3O)[C@@H](O)[C@H](O)[C@H]2O)O[C@H]2C[C@H]3[C@@H]4CC=C5C[C@@H](O[C@@H]6O[C@H](CO)[C@H](O[C@@H]7O[C@H](CO)[C@@H](O[C@@H]8OC[C@@H](O)[C@H](O)[C@H]8O)[C@H](O)[C@H]7O[C@@H]7O[C@H](CO)[C@@H](O)[C@H](O)[C@H]7O)[C@H](O)[C@H]6O)[C@H](O)C[C@]5(C)[C@H]4CC[C@]3(C)[C@H]2[C@@H]1C.